The van der Waals surface area contributed by atoms with Crippen LogP contribution in [0.15, 0.2) is 24.3 Å². The minimum atomic E-state index is -1.43. The third-order valence-corrected chi connectivity index (χ3v) is 4.77. The van der Waals surface area contributed by atoms with Crippen molar-refractivity contribution < 1.29 is 63.6 Å². The van der Waals surface area contributed by atoms with Crippen LogP contribution in [0.2, 0.25) is 0 Å². The Balaban J connectivity index is 0.00000578. The number of nitrogens with one attached hydrogen (secondary N) is 1. The largest absolute Gasteiger partial charge is 1.00 e. The maximum absolute atomic E-state index is 13.5. The fourth-order valence-corrected chi connectivity index (χ4v) is 3.21. The van der Waals surface area contributed by atoms with Gasteiger partial charge in [0.25, 0.3) is 5.91 Å². The summed E-state index contributed by atoms with van der Waals surface area (Å²) in [5, 5.41) is 37.8. The third-order valence-electron chi connectivity index (χ3n) is 4.77. The third kappa shape index (κ3) is 8.66. The normalized spacial score (nSPS) is 12.9. The molecule has 1 heterocycles. The average molecular weight is 488 g/mol. The number of aliphatic carboxylic acids is 1. The molecule has 182 valence electrons. The smallest absolute Gasteiger partial charge is 0.550 e. The molecule has 0 bridgehead atoms. The van der Waals surface area contributed by atoms with Crippen molar-refractivity contribution in [1.29, 1.82) is 0 Å². The molecule has 0 aliphatic rings. The van der Waals surface area contributed by atoms with Gasteiger partial charge in [0.15, 0.2) is 5.69 Å². The van der Waals surface area contributed by atoms with Gasteiger partial charge in [0.05, 0.1) is 17.9 Å². The molecular weight excluding hydrogens is 456 g/mol. The molecule has 1 amide bonds. The predicted molar refractivity (Wildman–Crippen MR) is 117 cm³/mol. The van der Waals surface area contributed by atoms with Gasteiger partial charge in [-0.2, -0.15) is 5.10 Å². The molecule has 3 N–H and O–H groups in total. The zero-order valence-corrected chi connectivity index (χ0v) is 22.2. The summed E-state index contributed by atoms with van der Waals surface area (Å²) in [5.41, 5.74) is 1.10. The molecule has 11 heteroatoms. The van der Waals surface area contributed by atoms with E-state index in [9.17, 15) is 29.3 Å². The van der Waals surface area contributed by atoms with Crippen molar-refractivity contribution in [1.82, 2.24) is 15.1 Å². The van der Waals surface area contributed by atoms with Crippen LogP contribution < -0.4 is 44.7 Å². The van der Waals surface area contributed by atoms with Crippen LogP contribution in [0, 0.1) is 11.7 Å². The van der Waals surface area contributed by atoms with Crippen LogP contribution in [-0.4, -0.2) is 57.2 Å². The van der Waals surface area contributed by atoms with E-state index in [4.69, 9.17) is 4.74 Å². The van der Waals surface area contributed by atoms with E-state index in [0.717, 1.165) is 0 Å². The Kier molecular flexibility index (Phi) is 12.2. The molecule has 0 fully saturated rings. The van der Waals surface area contributed by atoms with Gasteiger partial charge in [-0.3, -0.25) is 4.79 Å². The number of halogens is 1. The summed E-state index contributed by atoms with van der Waals surface area (Å²) in [7, 11) is 0. The number of hydrogen-bond donors (Lipinski definition) is 3. The molecule has 2 aromatic rings. The van der Waals surface area contributed by atoms with Crippen molar-refractivity contribution in [3.63, 3.8) is 0 Å². The van der Waals surface area contributed by atoms with E-state index in [1.165, 1.54) is 28.9 Å². The number of carbonyl (C=O) groups is 2. The Labute approximate surface area is 220 Å². The molecule has 0 aliphatic carbocycles. The zero-order valence-electron chi connectivity index (χ0n) is 20.2. The number of carboxylic acids is 1. The first-order chi connectivity index (χ1) is 15.5. The van der Waals surface area contributed by atoms with Crippen molar-refractivity contribution in [2.45, 2.75) is 58.7 Å². The first-order valence-corrected chi connectivity index (χ1v) is 10.8. The maximum Gasteiger partial charge on any atom is 1.00 e. The SMILES string of the molecule is CC(C)CNC(=O)c1nn(-c2ccc(F)cc2)c(OC[C@@H](O)C[C@@H](O)CC(=O)[O-])c1C(C)C.[Na+]. The number of ether oxygens (including phenoxy) is 1. The maximum atomic E-state index is 13.5. The summed E-state index contributed by atoms with van der Waals surface area (Å²) in [6, 6.07) is 5.46. The summed E-state index contributed by atoms with van der Waals surface area (Å²) < 4.78 is 20.7. The summed E-state index contributed by atoms with van der Waals surface area (Å²) in [6.07, 6.45) is -3.33. The van der Waals surface area contributed by atoms with Crippen LogP contribution in [0.5, 0.6) is 5.88 Å². The van der Waals surface area contributed by atoms with E-state index in [2.05, 4.69) is 10.4 Å². The second kappa shape index (κ2) is 13.8. The van der Waals surface area contributed by atoms with Gasteiger partial charge in [-0.05, 0) is 36.1 Å². The van der Waals surface area contributed by atoms with E-state index >= 15 is 0 Å². The Hall–Kier alpha value is -1.98. The summed E-state index contributed by atoms with van der Waals surface area (Å²) in [6.45, 7) is 7.81. The quantitative estimate of drug-likeness (QED) is 0.299. The molecule has 9 nitrogen and oxygen atoms in total. The molecule has 2 rings (SSSR count). The van der Waals surface area contributed by atoms with E-state index < -0.39 is 30.4 Å². The molecule has 1 aromatic carbocycles. The van der Waals surface area contributed by atoms with Crippen molar-refractivity contribution >= 4 is 11.9 Å². The number of aromatic nitrogens is 2. The van der Waals surface area contributed by atoms with Gasteiger partial charge in [0.2, 0.25) is 5.88 Å². The fraction of sp³-hybridized carbons (Fsp3) is 0.522. The fourth-order valence-electron chi connectivity index (χ4n) is 3.21. The first-order valence-electron chi connectivity index (χ1n) is 10.8. The number of nitrogens with zero attached hydrogens (tertiary/aromatic N) is 2. The molecule has 0 spiro atoms. The Morgan fingerprint density at radius 1 is 1.15 bits per heavy atom. The van der Waals surface area contributed by atoms with Gasteiger partial charge in [0.1, 0.15) is 12.4 Å². The Bertz CT molecular complexity index is 949. The zero-order chi connectivity index (χ0) is 24.7. The standard InChI is InChI=1S/C23H32FN3O6.Na/c1-13(2)11-25-22(32)21-20(14(3)4)23(27(26-21)16-7-5-15(24)6-8-16)33-12-18(29)9-17(28)10-19(30)31;/h5-8,13-14,17-18,28-29H,9-12H2,1-4H3,(H,25,32)(H,30,31);/q;+1/p-1/t17-,18+;/m1./s1. The minimum absolute atomic E-state index is 0. The van der Waals surface area contributed by atoms with Gasteiger partial charge in [-0.15, -0.1) is 0 Å². The van der Waals surface area contributed by atoms with Gasteiger partial charge >= 0.3 is 29.6 Å². The molecule has 0 unspecified atom stereocenters. The molecule has 0 saturated carbocycles. The topological polar surface area (TPSA) is 137 Å². The van der Waals surface area contributed by atoms with Crippen LogP contribution in [0.25, 0.3) is 5.69 Å². The van der Waals surface area contributed by atoms with E-state index in [-0.39, 0.29) is 71.9 Å². The van der Waals surface area contributed by atoms with Crippen molar-refractivity contribution in [3.8, 4) is 11.6 Å². The van der Waals surface area contributed by atoms with Gasteiger partial charge in [-0.1, -0.05) is 27.7 Å². The number of carbonyl (C=O) groups excluding carboxylic acids is 2. The number of rotatable bonds is 12. The molecule has 2 atom stereocenters. The number of hydrogen-bond acceptors (Lipinski definition) is 7. The van der Waals surface area contributed by atoms with Crippen molar-refractivity contribution in [3.05, 3.63) is 41.3 Å². The molecule has 0 saturated heterocycles. The van der Waals surface area contributed by atoms with Crippen LogP contribution in [0.4, 0.5) is 4.39 Å². The van der Waals surface area contributed by atoms with Gasteiger partial charge < -0.3 is 30.2 Å². The second-order valence-corrected chi connectivity index (χ2v) is 8.64. The number of benzene rings is 1. The minimum Gasteiger partial charge on any atom is -0.550 e. The van der Waals surface area contributed by atoms with Crippen LogP contribution in [-0.2, 0) is 4.79 Å². The van der Waals surface area contributed by atoms with Gasteiger partial charge in [-0.25, -0.2) is 9.07 Å². The molecule has 0 radical (unpaired) electrons. The van der Waals surface area contributed by atoms with Gasteiger partial charge in [0, 0.05) is 30.9 Å². The average Bonchev–Trinajstić information content (AvgIpc) is 3.10. The van der Waals surface area contributed by atoms with E-state index in [0.29, 0.717) is 17.8 Å². The van der Waals surface area contributed by atoms with Crippen LogP contribution >= 0.6 is 0 Å². The Morgan fingerprint density at radius 3 is 2.29 bits per heavy atom. The van der Waals surface area contributed by atoms with Crippen LogP contribution in [0.3, 0.4) is 0 Å². The molecule has 1 aromatic heterocycles. The Morgan fingerprint density at radius 2 is 1.76 bits per heavy atom. The van der Waals surface area contributed by atoms with E-state index in [1.807, 2.05) is 27.7 Å². The first kappa shape index (κ1) is 30.1. The second-order valence-electron chi connectivity index (χ2n) is 8.64. The number of aliphatic hydroxyl groups excluding tert-OH is 2. The molecular formula is C23H31FN3NaO6. The van der Waals surface area contributed by atoms with E-state index in [1.54, 1.807) is 0 Å². The van der Waals surface area contributed by atoms with Crippen molar-refractivity contribution in [2.75, 3.05) is 13.2 Å². The summed E-state index contributed by atoms with van der Waals surface area (Å²) in [4.78, 5) is 23.5. The number of amides is 1. The molecule has 0 aliphatic heterocycles. The summed E-state index contributed by atoms with van der Waals surface area (Å²) in [5.74, 6) is -2.01. The number of aliphatic hydroxyl groups is 2. The van der Waals surface area contributed by atoms with Crippen molar-refractivity contribution in [2.24, 2.45) is 5.92 Å². The summed E-state index contributed by atoms with van der Waals surface area (Å²) >= 11 is 0. The number of carboxylic acid groups (broad SMARTS) is 1. The monoisotopic (exact) mass is 487 g/mol. The van der Waals surface area contributed by atoms with Crippen LogP contribution in [0.1, 0.15) is 62.5 Å². The molecule has 34 heavy (non-hydrogen) atoms. The predicted octanol–water partition coefficient (Wildman–Crippen LogP) is -1.84.